The first-order chi connectivity index (χ1) is 13.7. The molecule has 0 saturated heterocycles. The van der Waals surface area contributed by atoms with Gasteiger partial charge in [0.15, 0.2) is 0 Å². The van der Waals surface area contributed by atoms with Gasteiger partial charge in [0.1, 0.15) is 11.9 Å². The molecule has 0 heterocycles. The van der Waals surface area contributed by atoms with Gasteiger partial charge in [-0.25, -0.2) is 0 Å². The van der Waals surface area contributed by atoms with Crippen molar-refractivity contribution in [1.82, 2.24) is 0 Å². The first-order valence-corrected chi connectivity index (χ1v) is 10.5. The van der Waals surface area contributed by atoms with Crippen LogP contribution in [0.4, 0.5) is 0 Å². The van der Waals surface area contributed by atoms with E-state index in [9.17, 15) is 0 Å². The van der Waals surface area contributed by atoms with E-state index in [-0.39, 0.29) is 6.10 Å². The molecule has 28 heavy (non-hydrogen) atoms. The predicted octanol–water partition coefficient (Wildman–Crippen LogP) is 6.93. The summed E-state index contributed by atoms with van der Waals surface area (Å²) in [6.07, 6.45) is 16.1. The van der Waals surface area contributed by atoms with Crippen molar-refractivity contribution in [2.24, 2.45) is 5.92 Å². The average molecular weight is 371 g/mol. The normalized spacial score (nSPS) is 19.1. The summed E-state index contributed by atoms with van der Waals surface area (Å²) in [4.78, 5) is 0. The van der Waals surface area contributed by atoms with Gasteiger partial charge in [-0.2, -0.15) is 0 Å². The Morgan fingerprint density at radius 1 is 1.29 bits per heavy atom. The highest BCUT2D eigenvalue weighted by molar-refractivity contribution is 5.45. The summed E-state index contributed by atoms with van der Waals surface area (Å²) in [6.45, 7) is 6.67. The van der Waals surface area contributed by atoms with Gasteiger partial charge in [-0.1, -0.05) is 57.3 Å². The molecule has 2 atom stereocenters. The maximum atomic E-state index is 6.25. The molecule has 1 nitrogen and oxygen atoms in total. The Labute approximate surface area is 170 Å². The van der Waals surface area contributed by atoms with Gasteiger partial charge in [0, 0.05) is 16.7 Å². The zero-order chi connectivity index (χ0) is 19.8. The number of benzene rings is 1. The number of ether oxygens (including phenoxy) is 1. The lowest BCUT2D eigenvalue weighted by molar-refractivity contribution is 0.241. The summed E-state index contributed by atoms with van der Waals surface area (Å²) in [5.74, 6) is 8.16. The summed E-state index contributed by atoms with van der Waals surface area (Å²) in [5, 5.41) is 0. The quantitative estimate of drug-likeness (QED) is 0.390. The molecule has 0 bridgehead atoms. The van der Waals surface area contributed by atoms with Gasteiger partial charge in [0.2, 0.25) is 0 Å². The van der Waals surface area contributed by atoms with Gasteiger partial charge in [-0.15, -0.1) is 5.73 Å². The minimum Gasteiger partial charge on any atom is -0.486 e. The Morgan fingerprint density at radius 3 is 2.86 bits per heavy atom. The molecule has 1 aromatic rings. The minimum absolute atomic E-state index is 0.115. The van der Waals surface area contributed by atoms with Crippen molar-refractivity contribution < 1.29 is 4.74 Å². The Morgan fingerprint density at radius 2 is 2.11 bits per heavy atom. The van der Waals surface area contributed by atoms with E-state index in [0.29, 0.717) is 5.92 Å². The Kier molecular flexibility index (Phi) is 7.18. The van der Waals surface area contributed by atoms with E-state index in [4.69, 9.17) is 4.74 Å². The average Bonchev–Trinajstić information content (AvgIpc) is 2.92. The van der Waals surface area contributed by atoms with Crippen molar-refractivity contribution in [1.29, 1.82) is 0 Å². The van der Waals surface area contributed by atoms with Crippen molar-refractivity contribution >= 4 is 0 Å². The molecule has 2 unspecified atom stereocenters. The van der Waals surface area contributed by atoms with Crippen LogP contribution in [0.15, 0.2) is 77.1 Å². The van der Waals surface area contributed by atoms with Gasteiger partial charge in [0.05, 0.1) is 0 Å². The monoisotopic (exact) mass is 370 g/mol. The fraction of sp³-hybridized carbons (Fsp3) is 0.370. The second kappa shape index (κ2) is 10.0. The molecular weight excluding hydrogens is 340 g/mol. The molecule has 0 N–H and O–H groups in total. The lowest BCUT2D eigenvalue weighted by Crippen LogP contribution is -2.14. The molecule has 2 aliphatic carbocycles. The van der Waals surface area contributed by atoms with Crippen LogP contribution in [0.3, 0.4) is 0 Å². The Hall–Kier alpha value is -2.68. The molecule has 144 valence electrons. The molecule has 0 fully saturated rings. The molecule has 3 rings (SSSR count). The van der Waals surface area contributed by atoms with Crippen molar-refractivity contribution in [2.45, 2.75) is 59.0 Å². The number of hydrogen-bond acceptors (Lipinski definition) is 1. The molecule has 1 aromatic carbocycles. The van der Waals surface area contributed by atoms with E-state index < -0.39 is 0 Å². The van der Waals surface area contributed by atoms with Gasteiger partial charge in [-0.05, 0) is 73.6 Å². The van der Waals surface area contributed by atoms with Gasteiger partial charge >= 0.3 is 0 Å². The number of rotatable bonds is 6. The van der Waals surface area contributed by atoms with Crippen LogP contribution in [0.1, 0.15) is 58.4 Å². The fourth-order valence-electron chi connectivity index (χ4n) is 3.75. The number of allylic oxidation sites excluding steroid dienone is 5. The van der Waals surface area contributed by atoms with E-state index in [0.717, 1.165) is 30.6 Å². The molecule has 0 aliphatic heterocycles. The second-order valence-electron chi connectivity index (χ2n) is 7.49. The summed E-state index contributed by atoms with van der Waals surface area (Å²) in [7, 11) is 0. The molecule has 2 aliphatic rings. The van der Waals surface area contributed by atoms with Crippen LogP contribution in [-0.4, -0.2) is 6.10 Å². The van der Waals surface area contributed by atoms with Crippen LogP contribution in [-0.2, 0) is 0 Å². The molecule has 0 saturated carbocycles. The van der Waals surface area contributed by atoms with Crippen LogP contribution < -0.4 is 4.74 Å². The lowest BCUT2D eigenvalue weighted by atomic mass is 9.95. The van der Waals surface area contributed by atoms with E-state index in [2.05, 4.69) is 74.8 Å². The van der Waals surface area contributed by atoms with Crippen LogP contribution in [0.25, 0.3) is 0 Å². The largest absolute Gasteiger partial charge is 0.486 e. The van der Waals surface area contributed by atoms with Crippen LogP contribution in [0.2, 0.25) is 0 Å². The summed E-state index contributed by atoms with van der Waals surface area (Å²) >= 11 is 0. The number of hydrogen-bond donors (Lipinski definition) is 0. The highest BCUT2D eigenvalue weighted by Crippen LogP contribution is 2.32. The van der Waals surface area contributed by atoms with Crippen molar-refractivity contribution in [2.75, 3.05) is 0 Å². The SMILES string of the molecule is CC/C=C(\C#Cc1ccc(OC2CCC3=C2C=C=CC=C3)cc1)C(C)CCC. The maximum absolute atomic E-state index is 6.25. The zero-order valence-corrected chi connectivity index (χ0v) is 17.3. The maximum Gasteiger partial charge on any atom is 0.125 e. The van der Waals surface area contributed by atoms with Crippen LogP contribution in [0.5, 0.6) is 5.75 Å². The third-order valence-electron chi connectivity index (χ3n) is 5.28. The zero-order valence-electron chi connectivity index (χ0n) is 17.3. The lowest BCUT2D eigenvalue weighted by Gasteiger charge is -2.15. The third-order valence-corrected chi connectivity index (χ3v) is 5.28. The van der Waals surface area contributed by atoms with E-state index in [1.807, 2.05) is 18.2 Å². The molecule has 1 heteroatoms. The van der Waals surface area contributed by atoms with E-state index >= 15 is 0 Å². The first kappa shape index (κ1) is 20.1. The van der Waals surface area contributed by atoms with Crippen LogP contribution in [0, 0.1) is 17.8 Å². The Bertz CT molecular complexity index is 890. The topological polar surface area (TPSA) is 9.23 Å². The molecule has 0 spiro atoms. The molecule has 0 amide bonds. The van der Waals surface area contributed by atoms with Gasteiger partial charge in [0.25, 0.3) is 0 Å². The van der Waals surface area contributed by atoms with E-state index in [1.165, 1.54) is 29.6 Å². The first-order valence-electron chi connectivity index (χ1n) is 10.5. The molecular formula is C27H30O. The predicted molar refractivity (Wildman–Crippen MR) is 118 cm³/mol. The molecule has 0 radical (unpaired) electrons. The third kappa shape index (κ3) is 5.19. The standard InChI is InChI=1S/C27H30O/c1-4-9-21(3)23(10-5-2)16-13-22-14-18-25(19-15-22)28-27-20-17-24-11-7-6-8-12-26(24)27/h6-7,10-12,14-15,18-19,21,27H,4-5,9,17,20H2,1-3H3/b23-10+. The van der Waals surface area contributed by atoms with E-state index in [1.54, 1.807) is 0 Å². The van der Waals surface area contributed by atoms with Crippen molar-refractivity contribution in [3.8, 4) is 17.6 Å². The summed E-state index contributed by atoms with van der Waals surface area (Å²) in [5.41, 5.74) is 8.12. The van der Waals surface area contributed by atoms with Crippen molar-refractivity contribution in [3.63, 3.8) is 0 Å². The van der Waals surface area contributed by atoms with Gasteiger partial charge < -0.3 is 4.74 Å². The Balaban J connectivity index is 1.68. The minimum atomic E-state index is 0.115. The fourth-order valence-corrected chi connectivity index (χ4v) is 3.75. The van der Waals surface area contributed by atoms with Crippen LogP contribution >= 0.6 is 0 Å². The summed E-state index contributed by atoms with van der Waals surface area (Å²) < 4.78 is 6.25. The smallest absolute Gasteiger partial charge is 0.125 e. The second-order valence-corrected chi connectivity index (χ2v) is 7.49. The highest BCUT2D eigenvalue weighted by atomic mass is 16.5. The highest BCUT2D eigenvalue weighted by Gasteiger charge is 2.24. The van der Waals surface area contributed by atoms with Gasteiger partial charge in [-0.3, -0.25) is 0 Å². The summed E-state index contributed by atoms with van der Waals surface area (Å²) in [6, 6.07) is 8.19. The van der Waals surface area contributed by atoms with Crippen molar-refractivity contribution in [3.05, 3.63) is 82.7 Å². The molecule has 0 aromatic heterocycles.